The quantitative estimate of drug-likeness (QED) is 0.762. The summed E-state index contributed by atoms with van der Waals surface area (Å²) in [5.74, 6) is -0.328. The van der Waals surface area contributed by atoms with Gasteiger partial charge in [-0.05, 0) is 29.7 Å². The highest BCUT2D eigenvalue weighted by molar-refractivity contribution is 5.82. The Bertz CT molecular complexity index is 716. The minimum Gasteiger partial charge on any atom is -0.497 e. The molecule has 0 aliphatic rings. The van der Waals surface area contributed by atoms with Crippen LogP contribution in [0.4, 0.5) is 4.79 Å². The van der Waals surface area contributed by atoms with Crippen LogP contribution >= 0.6 is 0 Å². The van der Waals surface area contributed by atoms with E-state index in [0.717, 1.165) is 11.1 Å². The molecule has 6 nitrogen and oxygen atoms in total. The van der Waals surface area contributed by atoms with Gasteiger partial charge < -0.3 is 20.1 Å². The maximum absolute atomic E-state index is 12.3. The van der Waals surface area contributed by atoms with E-state index in [1.807, 2.05) is 42.5 Å². The highest BCUT2D eigenvalue weighted by Gasteiger charge is 2.29. The molecule has 2 N–H and O–H groups in total. The van der Waals surface area contributed by atoms with Crippen molar-refractivity contribution in [2.75, 3.05) is 20.7 Å². The van der Waals surface area contributed by atoms with Gasteiger partial charge in [-0.15, -0.1) is 0 Å². The van der Waals surface area contributed by atoms with Crippen LogP contribution in [0.25, 0.3) is 0 Å². The SMILES string of the molecule is CNC(=O)N(CCc1ccccc1)[C@@H](Cc1ccc(OC)cc1)C(=O)O. The van der Waals surface area contributed by atoms with Gasteiger partial charge >= 0.3 is 12.0 Å². The first kappa shape index (κ1) is 19.3. The Morgan fingerprint density at radius 1 is 1.08 bits per heavy atom. The first-order chi connectivity index (χ1) is 12.5. The summed E-state index contributed by atoms with van der Waals surface area (Å²) in [5, 5.41) is 12.2. The molecule has 1 atom stereocenters. The average molecular weight is 356 g/mol. The number of carbonyl (C=O) groups excluding carboxylic acids is 1. The molecule has 0 fully saturated rings. The fourth-order valence-electron chi connectivity index (χ4n) is 2.75. The molecule has 0 unspecified atom stereocenters. The van der Waals surface area contributed by atoms with Crippen LogP contribution < -0.4 is 10.1 Å². The molecule has 0 radical (unpaired) electrons. The smallest absolute Gasteiger partial charge is 0.326 e. The van der Waals surface area contributed by atoms with Gasteiger partial charge in [-0.1, -0.05) is 42.5 Å². The number of urea groups is 1. The lowest BCUT2D eigenvalue weighted by Gasteiger charge is -2.29. The number of hydrogen-bond acceptors (Lipinski definition) is 3. The molecule has 0 bridgehead atoms. The monoisotopic (exact) mass is 356 g/mol. The minimum atomic E-state index is -1.03. The Labute approximate surface area is 153 Å². The fraction of sp³-hybridized carbons (Fsp3) is 0.300. The number of ether oxygens (including phenoxy) is 1. The third-order valence-corrected chi connectivity index (χ3v) is 4.21. The van der Waals surface area contributed by atoms with E-state index in [1.54, 1.807) is 19.2 Å². The first-order valence-electron chi connectivity index (χ1n) is 8.43. The van der Waals surface area contributed by atoms with Crippen molar-refractivity contribution in [3.63, 3.8) is 0 Å². The lowest BCUT2D eigenvalue weighted by Crippen LogP contribution is -2.50. The second-order valence-corrected chi connectivity index (χ2v) is 5.89. The maximum atomic E-state index is 12.3. The van der Waals surface area contributed by atoms with Crippen molar-refractivity contribution in [2.24, 2.45) is 0 Å². The standard InChI is InChI=1S/C20H24N2O4/c1-21-20(25)22(13-12-15-6-4-3-5-7-15)18(19(23)24)14-16-8-10-17(26-2)11-9-16/h3-11,18H,12-14H2,1-2H3,(H,21,25)(H,23,24)/t18-/m0/s1. The van der Waals surface area contributed by atoms with Crippen molar-refractivity contribution in [3.05, 3.63) is 65.7 Å². The van der Waals surface area contributed by atoms with Crippen molar-refractivity contribution < 1.29 is 19.4 Å². The summed E-state index contributed by atoms with van der Waals surface area (Å²) >= 11 is 0. The number of carbonyl (C=O) groups is 2. The molecule has 6 heteroatoms. The second kappa shape index (κ2) is 9.46. The van der Waals surface area contributed by atoms with Crippen LogP contribution in [0.2, 0.25) is 0 Å². The number of nitrogens with zero attached hydrogens (tertiary/aromatic N) is 1. The summed E-state index contributed by atoms with van der Waals surface area (Å²) in [7, 11) is 3.08. The number of rotatable bonds is 8. The van der Waals surface area contributed by atoms with Crippen LogP contribution in [0, 0.1) is 0 Å². The predicted octanol–water partition coefficient (Wildman–Crippen LogP) is 2.58. The second-order valence-electron chi connectivity index (χ2n) is 5.89. The molecule has 0 aliphatic carbocycles. The van der Waals surface area contributed by atoms with Crippen LogP contribution in [-0.2, 0) is 17.6 Å². The van der Waals surface area contributed by atoms with Gasteiger partial charge in [0, 0.05) is 20.0 Å². The first-order valence-corrected chi connectivity index (χ1v) is 8.43. The molecule has 2 amide bonds. The van der Waals surface area contributed by atoms with Gasteiger partial charge in [0.2, 0.25) is 0 Å². The topological polar surface area (TPSA) is 78.9 Å². The normalized spacial score (nSPS) is 11.5. The third kappa shape index (κ3) is 5.24. The van der Waals surface area contributed by atoms with Crippen molar-refractivity contribution in [1.29, 1.82) is 0 Å². The number of hydrogen-bond donors (Lipinski definition) is 2. The van der Waals surface area contributed by atoms with Crippen molar-refractivity contribution in [3.8, 4) is 5.75 Å². The Morgan fingerprint density at radius 3 is 2.27 bits per heavy atom. The molecular weight excluding hydrogens is 332 g/mol. The number of amides is 2. The van der Waals surface area contributed by atoms with Crippen LogP contribution in [0.1, 0.15) is 11.1 Å². The third-order valence-electron chi connectivity index (χ3n) is 4.21. The predicted molar refractivity (Wildman–Crippen MR) is 99.4 cm³/mol. The van der Waals surface area contributed by atoms with E-state index in [1.165, 1.54) is 11.9 Å². The molecule has 26 heavy (non-hydrogen) atoms. The van der Waals surface area contributed by atoms with Gasteiger partial charge in [0.05, 0.1) is 7.11 Å². The van der Waals surface area contributed by atoms with Gasteiger partial charge in [0.15, 0.2) is 0 Å². The van der Waals surface area contributed by atoms with E-state index in [2.05, 4.69) is 5.32 Å². The Kier molecular flexibility index (Phi) is 7.02. The summed E-state index contributed by atoms with van der Waals surface area (Å²) in [5.41, 5.74) is 1.88. The number of nitrogens with one attached hydrogen (secondary N) is 1. The minimum absolute atomic E-state index is 0.224. The summed E-state index contributed by atoms with van der Waals surface area (Å²) in [6.45, 7) is 0.316. The molecule has 2 aromatic rings. The summed E-state index contributed by atoms with van der Waals surface area (Å²) in [4.78, 5) is 25.5. The molecule has 0 heterocycles. The van der Waals surface area contributed by atoms with E-state index in [9.17, 15) is 14.7 Å². The van der Waals surface area contributed by atoms with Gasteiger partial charge in [-0.2, -0.15) is 0 Å². The summed E-state index contributed by atoms with van der Waals surface area (Å²) < 4.78 is 5.12. The van der Waals surface area contributed by atoms with Crippen molar-refractivity contribution in [2.45, 2.75) is 18.9 Å². The molecule has 2 rings (SSSR count). The Hall–Kier alpha value is -3.02. The highest BCUT2D eigenvalue weighted by atomic mass is 16.5. The van der Waals surface area contributed by atoms with Crippen molar-refractivity contribution in [1.82, 2.24) is 10.2 Å². The highest BCUT2D eigenvalue weighted by Crippen LogP contribution is 2.16. The zero-order valence-electron chi connectivity index (χ0n) is 15.0. The average Bonchev–Trinajstić information content (AvgIpc) is 2.68. The van der Waals surface area contributed by atoms with Crippen LogP contribution in [0.3, 0.4) is 0 Å². The van der Waals surface area contributed by atoms with Crippen LogP contribution in [-0.4, -0.2) is 48.8 Å². The molecule has 0 spiro atoms. The van der Waals surface area contributed by atoms with Gasteiger partial charge in [-0.25, -0.2) is 9.59 Å². The van der Waals surface area contributed by atoms with Crippen LogP contribution in [0.5, 0.6) is 5.75 Å². The molecule has 0 aromatic heterocycles. The van der Waals surface area contributed by atoms with Crippen LogP contribution in [0.15, 0.2) is 54.6 Å². The molecule has 138 valence electrons. The number of aliphatic carboxylic acids is 1. The largest absolute Gasteiger partial charge is 0.497 e. The molecular formula is C20H24N2O4. The van der Waals surface area contributed by atoms with E-state index in [-0.39, 0.29) is 6.42 Å². The molecule has 0 aliphatic heterocycles. The number of carboxylic acid groups (broad SMARTS) is 1. The lowest BCUT2D eigenvalue weighted by atomic mass is 10.0. The lowest BCUT2D eigenvalue weighted by molar-refractivity contribution is -0.142. The maximum Gasteiger partial charge on any atom is 0.326 e. The van der Waals surface area contributed by atoms with E-state index < -0.39 is 18.0 Å². The van der Waals surface area contributed by atoms with Crippen molar-refractivity contribution >= 4 is 12.0 Å². The van der Waals surface area contributed by atoms with E-state index in [4.69, 9.17) is 4.74 Å². The number of methoxy groups -OCH3 is 1. The van der Waals surface area contributed by atoms with Gasteiger partial charge in [0.25, 0.3) is 0 Å². The number of carboxylic acids is 1. The molecule has 0 saturated heterocycles. The zero-order valence-corrected chi connectivity index (χ0v) is 15.0. The van der Waals surface area contributed by atoms with E-state index >= 15 is 0 Å². The zero-order chi connectivity index (χ0) is 18.9. The van der Waals surface area contributed by atoms with E-state index in [0.29, 0.717) is 18.7 Å². The summed E-state index contributed by atoms with van der Waals surface area (Å²) in [6, 6.07) is 15.5. The number of benzene rings is 2. The Balaban J connectivity index is 2.16. The fourth-order valence-corrected chi connectivity index (χ4v) is 2.75. The van der Waals surface area contributed by atoms with Gasteiger partial charge in [-0.3, -0.25) is 0 Å². The summed E-state index contributed by atoms with van der Waals surface area (Å²) in [6.07, 6.45) is 0.808. The Morgan fingerprint density at radius 2 is 1.73 bits per heavy atom. The molecule has 2 aromatic carbocycles. The molecule has 0 saturated carbocycles. The van der Waals surface area contributed by atoms with Gasteiger partial charge in [0.1, 0.15) is 11.8 Å².